The summed E-state index contributed by atoms with van der Waals surface area (Å²) in [4.78, 5) is 26.1. The van der Waals surface area contributed by atoms with Gasteiger partial charge in [0.1, 0.15) is 17.3 Å². The van der Waals surface area contributed by atoms with E-state index in [1.54, 1.807) is 58.4 Å². The second kappa shape index (κ2) is 8.82. The lowest BCUT2D eigenvalue weighted by Crippen LogP contribution is -2.08. The summed E-state index contributed by atoms with van der Waals surface area (Å²) >= 11 is 0. The molecule has 0 atom stereocenters. The maximum atomic E-state index is 13.2. The molecule has 0 saturated heterocycles. The van der Waals surface area contributed by atoms with Crippen molar-refractivity contribution in [3.8, 4) is 28.4 Å². The van der Waals surface area contributed by atoms with Gasteiger partial charge in [0.2, 0.25) is 0 Å². The average molecular weight is 444 g/mol. The van der Waals surface area contributed by atoms with Crippen molar-refractivity contribution in [2.45, 2.75) is 20.8 Å². The highest BCUT2D eigenvalue weighted by molar-refractivity contribution is 5.97. The summed E-state index contributed by atoms with van der Waals surface area (Å²) in [6.45, 7) is 5.41. The van der Waals surface area contributed by atoms with E-state index in [9.17, 15) is 9.59 Å². The van der Waals surface area contributed by atoms with Gasteiger partial charge < -0.3 is 18.6 Å². The molecule has 0 saturated carbocycles. The van der Waals surface area contributed by atoms with E-state index in [4.69, 9.17) is 18.6 Å². The number of benzene rings is 2. The molecule has 1 aromatic heterocycles. The summed E-state index contributed by atoms with van der Waals surface area (Å²) in [5.41, 5.74) is 2.49. The van der Waals surface area contributed by atoms with Crippen LogP contribution in [-0.2, 0) is 0 Å². The summed E-state index contributed by atoms with van der Waals surface area (Å²) in [5, 5.41) is 0.857. The second-order valence-corrected chi connectivity index (χ2v) is 7.76. The average Bonchev–Trinajstić information content (AvgIpc) is 3.02. The van der Waals surface area contributed by atoms with Crippen LogP contribution in [0.15, 0.2) is 63.8 Å². The van der Waals surface area contributed by atoms with Crippen LogP contribution < -0.4 is 19.6 Å². The Kier molecular flexibility index (Phi) is 5.92. The lowest BCUT2D eigenvalue weighted by Gasteiger charge is -2.10. The minimum Gasteiger partial charge on any atom is -0.493 e. The third-order valence-corrected chi connectivity index (χ3v) is 5.53. The Morgan fingerprint density at radius 3 is 2.03 bits per heavy atom. The van der Waals surface area contributed by atoms with Crippen LogP contribution in [0.1, 0.15) is 27.4 Å². The number of esters is 1. The minimum atomic E-state index is -0.522. The second-order valence-electron chi connectivity index (χ2n) is 7.76. The number of hydrogen-bond donors (Lipinski definition) is 0. The number of carbonyl (C=O) groups is 1. The van der Waals surface area contributed by atoms with Gasteiger partial charge in [-0.3, -0.25) is 4.79 Å². The van der Waals surface area contributed by atoms with E-state index < -0.39 is 5.97 Å². The van der Waals surface area contributed by atoms with Gasteiger partial charge in [-0.15, -0.1) is 0 Å². The number of rotatable bonds is 5. The normalized spacial score (nSPS) is 10.8. The van der Waals surface area contributed by atoms with Crippen LogP contribution >= 0.6 is 0 Å². The number of ether oxygens (including phenoxy) is 3. The van der Waals surface area contributed by atoms with Crippen LogP contribution in [0.4, 0.5) is 0 Å². The van der Waals surface area contributed by atoms with Crippen molar-refractivity contribution in [1.82, 2.24) is 0 Å². The standard InChI is InChI=1S/C27H24O6/c1-15-6-8-18(9-7-15)27(29)33-24-14-20(19-10-11-22(30-4)23(13-19)31-5)12-21(28)25-16(2)32-17(3)26(24)25/h6-14H,1-5H3. The highest BCUT2D eigenvalue weighted by atomic mass is 16.5. The predicted molar refractivity (Wildman–Crippen MR) is 127 cm³/mol. The summed E-state index contributed by atoms with van der Waals surface area (Å²) in [6.07, 6.45) is 0. The van der Waals surface area contributed by atoms with E-state index in [1.807, 2.05) is 25.1 Å². The monoisotopic (exact) mass is 444 g/mol. The van der Waals surface area contributed by atoms with Crippen molar-refractivity contribution in [2.24, 2.45) is 0 Å². The van der Waals surface area contributed by atoms with Gasteiger partial charge in [0.25, 0.3) is 0 Å². The third-order valence-electron chi connectivity index (χ3n) is 5.53. The van der Waals surface area contributed by atoms with E-state index in [1.165, 1.54) is 6.07 Å². The maximum Gasteiger partial charge on any atom is 0.343 e. The van der Waals surface area contributed by atoms with Crippen molar-refractivity contribution in [1.29, 1.82) is 0 Å². The quantitative estimate of drug-likeness (QED) is 0.372. The molecular weight excluding hydrogens is 420 g/mol. The largest absolute Gasteiger partial charge is 0.493 e. The summed E-state index contributed by atoms with van der Waals surface area (Å²) < 4.78 is 22.3. The molecule has 0 spiro atoms. The molecule has 6 heteroatoms. The first-order valence-electron chi connectivity index (χ1n) is 10.4. The van der Waals surface area contributed by atoms with E-state index >= 15 is 0 Å². The molecule has 0 radical (unpaired) electrons. The van der Waals surface area contributed by atoms with Crippen molar-refractivity contribution < 1.29 is 23.4 Å². The predicted octanol–water partition coefficient (Wildman–Crippen LogP) is 5.62. The van der Waals surface area contributed by atoms with E-state index in [-0.39, 0.29) is 11.2 Å². The van der Waals surface area contributed by atoms with Gasteiger partial charge in [-0.05, 0) is 68.3 Å². The fraction of sp³-hybridized carbons (Fsp3) is 0.185. The molecule has 33 heavy (non-hydrogen) atoms. The lowest BCUT2D eigenvalue weighted by atomic mass is 10.1. The molecule has 0 fully saturated rings. The van der Waals surface area contributed by atoms with Crippen molar-refractivity contribution in [3.63, 3.8) is 0 Å². The Balaban J connectivity index is 1.93. The zero-order chi connectivity index (χ0) is 23.7. The SMILES string of the molecule is COc1ccc(-c2cc(OC(=O)c3ccc(C)cc3)c3c(C)oc(C)c3c(=O)c2)cc1OC. The first-order chi connectivity index (χ1) is 15.8. The van der Waals surface area contributed by atoms with Crippen LogP contribution in [0.2, 0.25) is 0 Å². The number of hydrogen-bond acceptors (Lipinski definition) is 6. The topological polar surface area (TPSA) is 75.0 Å². The van der Waals surface area contributed by atoms with E-state index in [0.717, 1.165) is 5.56 Å². The van der Waals surface area contributed by atoms with Gasteiger partial charge in [-0.1, -0.05) is 23.8 Å². The fourth-order valence-electron chi connectivity index (χ4n) is 3.86. The summed E-state index contributed by atoms with van der Waals surface area (Å²) in [6, 6.07) is 15.6. The number of carbonyl (C=O) groups excluding carboxylic acids is 1. The van der Waals surface area contributed by atoms with E-state index in [2.05, 4.69) is 0 Å². The van der Waals surface area contributed by atoms with E-state index in [0.29, 0.717) is 50.5 Å². The van der Waals surface area contributed by atoms with Crippen LogP contribution in [0.25, 0.3) is 21.9 Å². The van der Waals surface area contributed by atoms with Crippen molar-refractivity contribution >= 4 is 16.7 Å². The van der Waals surface area contributed by atoms with Gasteiger partial charge in [0.15, 0.2) is 16.9 Å². The van der Waals surface area contributed by atoms with Crippen LogP contribution in [0, 0.1) is 20.8 Å². The van der Waals surface area contributed by atoms with Gasteiger partial charge in [0.05, 0.1) is 30.6 Å². The van der Waals surface area contributed by atoms with Gasteiger partial charge >= 0.3 is 5.97 Å². The molecule has 0 aliphatic heterocycles. The molecule has 6 nitrogen and oxygen atoms in total. The smallest absolute Gasteiger partial charge is 0.343 e. The first-order valence-corrected chi connectivity index (χ1v) is 10.4. The van der Waals surface area contributed by atoms with Crippen molar-refractivity contribution in [3.05, 3.63) is 87.5 Å². The molecule has 1 heterocycles. The lowest BCUT2D eigenvalue weighted by molar-refractivity contribution is 0.0737. The van der Waals surface area contributed by atoms with Crippen LogP contribution in [0.5, 0.6) is 17.2 Å². The Labute approximate surface area is 191 Å². The zero-order valence-corrected chi connectivity index (χ0v) is 19.1. The Hall–Kier alpha value is -4.06. The third kappa shape index (κ3) is 4.20. The Morgan fingerprint density at radius 1 is 0.727 bits per heavy atom. The molecule has 0 N–H and O–H groups in total. The molecule has 168 valence electrons. The number of aryl methyl sites for hydroxylation is 3. The molecule has 0 bridgehead atoms. The fourth-order valence-corrected chi connectivity index (χ4v) is 3.86. The highest BCUT2D eigenvalue weighted by Crippen LogP contribution is 2.36. The van der Waals surface area contributed by atoms with Crippen LogP contribution in [0.3, 0.4) is 0 Å². The zero-order valence-electron chi connectivity index (χ0n) is 19.1. The van der Waals surface area contributed by atoms with Crippen molar-refractivity contribution in [2.75, 3.05) is 14.2 Å². The van der Waals surface area contributed by atoms with Gasteiger partial charge in [-0.2, -0.15) is 0 Å². The number of fused-ring (bicyclic) bond motifs is 1. The molecule has 4 aromatic rings. The Morgan fingerprint density at radius 2 is 1.36 bits per heavy atom. The molecule has 0 amide bonds. The molecule has 0 unspecified atom stereocenters. The van der Waals surface area contributed by atoms with Crippen LogP contribution in [-0.4, -0.2) is 20.2 Å². The molecule has 0 aliphatic rings. The molecule has 4 rings (SSSR count). The minimum absolute atomic E-state index is 0.234. The van der Waals surface area contributed by atoms with Gasteiger partial charge in [-0.25, -0.2) is 4.79 Å². The number of methoxy groups -OCH3 is 2. The summed E-state index contributed by atoms with van der Waals surface area (Å²) in [5.74, 6) is 1.78. The van der Waals surface area contributed by atoms with Gasteiger partial charge in [0, 0.05) is 0 Å². The molecular formula is C27H24O6. The first kappa shape index (κ1) is 22.1. The molecule has 0 aliphatic carbocycles. The summed E-state index contributed by atoms with van der Waals surface area (Å²) in [7, 11) is 3.10. The number of furan rings is 1. The highest BCUT2D eigenvalue weighted by Gasteiger charge is 2.19. The Bertz CT molecular complexity index is 1410. The molecule has 3 aromatic carbocycles. The maximum absolute atomic E-state index is 13.2.